The third-order valence-corrected chi connectivity index (χ3v) is 4.93. The third-order valence-electron chi connectivity index (χ3n) is 2.43. The van der Waals surface area contributed by atoms with Gasteiger partial charge in [0.25, 0.3) is 10.0 Å². The van der Waals surface area contributed by atoms with Gasteiger partial charge in [-0.1, -0.05) is 0 Å². The zero-order valence-corrected chi connectivity index (χ0v) is 11.7. The molecule has 102 valence electrons. The Labute approximate surface area is 114 Å². The Kier molecular flexibility index (Phi) is 3.88. The zero-order chi connectivity index (χ0) is 14.0. The molecule has 2 aromatic rings. The van der Waals surface area contributed by atoms with Gasteiger partial charge in [-0.15, -0.1) is 11.3 Å². The molecule has 0 aliphatic carbocycles. The maximum atomic E-state index is 13.2. The van der Waals surface area contributed by atoms with E-state index in [1.54, 1.807) is 12.3 Å². The van der Waals surface area contributed by atoms with E-state index in [4.69, 9.17) is 5.11 Å². The molecule has 1 aromatic heterocycles. The van der Waals surface area contributed by atoms with Crippen molar-refractivity contribution in [2.24, 2.45) is 0 Å². The number of rotatable bonds is 4. The molecule has 0 saturated carbocycles. The van der Waals surface area contributed by atoms with Crippen LogP contribution >= 0.6 is 11.3 Å². The minimum absolute atomic E-state index is 0.0157. The average Bonchev–Trinajstić information content (AvgIpc) is 2.75. The quantitative estimate of drug-likeness (QED) is 0.912. The van der Waals surface area contributed by atoms with Gasteiger partial charge >= 0.3 is 0 Å². The monoisotopic (exact) mass is 301 g/mol. The number of hydrogen-bond acceptors (Lipinski definition) is 4. The van der Waals surface area contributed by atoms with Gasteiger partial charge in [-0.3, -0.25) is 4.72 Å². The molecule has 0 atom stereocenters. The lowest BCUT2D eigenvalue weighted by Crippen LogP contribution is -2.14. The maximum absolute atomic E-state index is 13.2. The standard InChI is InChI=1S/C12H12FNO3S2/c1-8-4-9(13)6-10(5-8)14-19(16,17)12-2-3-18-11(12)7-15/h2-6,14-15H,7H2,1H3. The van der Waals surface area contributed by atoms with Gasteiger partial charge in [0.1, 0.15) is 10.7 Å². The molecule has 2 rings (SSSR count). The molecule has 2 N–H and O–H groups in total. The minimum atomic E-state index is -3.81. The molecular formula is C12H12FNO3S2. The number of aliphatic hydroxyl groups excluding tert-OH is 1. The molecule has 19 heavy (non-hydrogen) atoms. The summed E-state index contributed by atoms with van der Waals surface area (Å²) in [6, 6.07) is 5.35. The van der Waals surface area contributed by atoms with Gasteiger partial charge in [0.15, 0.2) is 0 Å². The van der Waals surface area contributed by atoms with Gasteiger partial charge in [-0.05, 0) is 42.1 Å². The van der Waals surface area contributed by atoms with Crippen molar-refractivity contribution < 1.29 is 17.9 Å². The fourth-order valence-electron chi connectivity index (χ4n) is 1.69. The summed E-state index contributed by atoms with van der Waals surface area (Å²) in [5.74, 6) is -0.509. The highest BCUT2D eigenvalue weighted by Gasteiger charge is 2.19. The summed E-state index contributed by atoms with van der Waals surface area (Å²) in [7, 11) is -3.81. The number of hydrogen-bond donors (Lipinski definition) is 2. The number of anilines is 1. The van der Waals surface area contributed by atoms with Crippen molar-refractivity contribution >= 4 is 27.0 Å². The SMILES string of the molecule is Cc1cc(F)cc(NS(=O)(=O)c2ccsc2CO)c1. The smallest absolute Gasteiger partial charge is 0.263 e. The molecule has 0 radical (unpaired) electrons. The molecular weight excluding hydrogens is 289 g/mol. The highest BCUT2D eigenvalue weighted by molar-refractivity contribution is 7.93. The molecule has 7 heteroatoms. The van der Waals surface area contributed by atoms with Crippen molar-refractivity contribution in [2.75, 3.05) is 4.72 Å². The summed E-state index contributed by atoms with van der Waals surface area (Å²) in [6.07, 6.45) is 0. The van der Waals surface area contributed by atoms with Gasteiger partial charge in [0.2, 0.25) is 0 Å². The second kappa shape index (κ2) is 5.28. The van der Waals surface area contributed by atoms with E-state index in [9.17, 15) is 12.8 Å². The van der Waals surface area contributed by atoms with Gasteiger partial charge in [0, 0.05) is 0 Å². The van der Waals surface area contributed by atoms with E-state index in [1.807, 2.05) is 0 Å². The fraction of sp³-hybridized carbons (Fsp3) is 0.167. The second-order valence-corrected chi connectivity index (χ2v) is 6.64. The number of nitrogens with one attached hydrogen (secondary N) is 1. The molecule has 4 nitrogen and oxygen atoms in total. The number of benzene rings is 1. The van der Waals surface area contributed by atoms with Crippen molar-refractivity contribution in [1.82, 2.24) is 0 Å². The molecule has 0 aliphatic rings. The van der Waals surface area contributed by atoms with E-state index in [0.29, 0.717) is 10.4 Å². The summed E-state index contributed by atoms with van der Waals surface area (Å²) in [5, 5.41) is 10.7. The lowest BCUT2D eigenvalue weighted by atomic mass is 10.2. The summed E-state index contributed by atoms with van der Waals surface area (Å²) in [6.45, 7) is 1.32. The van der Waals surface area contributed by atoms with Crippen molar-refractivity contribution in [3.05, 3.63) is 45.9 Å². The van der Waals surface area contributed by atoms with Crippen molar-refractivity contribution in [3.8, 4) is 0 Å². The lowest BCUT2D eigenvalue weighted by Gasteiger charge is -2.09. The van der Waals surface area contributed by atoms with Crippen LogP contribution in [0.5, 0.6) is 0 Å². The third kappa shape index (κ3) is 3.12. The first-order valence-corrected chi connectivity index (χ1v) is 7.76. The van der Waals surface area contributed by atoms with E-state index in [1.165, 1.54) is 18.2 Å². The molecule has 1 aromatic carbocycles. The van der Waals surface area contributed by atoms with Crippen LogP contribution in [0.3, 0.4) is 0 Å². The topological polar surface area (TPSA) is 66.4 Å². The number of aryl methyl sites for hydroxylation is 1. The van der Waals surface area contributed by atoms with E-state index < -0.39 is 15.8 Å². The molecule has 1 heterocycles. The van der Waals surface area contributed by atoms with Crippen LogP contribution in [0, 0.1) is 12.7 Å². The second-order valence-electron chi connectivity index (χ2n) is 3.99. The van der Waals surface area contributed by atoms with Crippen LogP contribution in [0.2, 0.25) is 0 Å². The Hall–Kier alpha value is -1.44. The van der Waals surface area contributed by atoms with Crippen molar-refractivity contribution in [1.29, 1.82) is 0 Å². The summed E-state index contributed by atoms with van der Waals surface area (Å²) in [4.78, 5) is 0.363. The van der Waals surface area contributed by atoms with E-state index in [-0.39, 0.29) is 17.2 Å². The predicted octanol–water partition coefficient (Wildman–Crippen LogP) is 2.49. The minimum Gasteiger partial charge on any atom is -0.391 e. The number of aliphatic hydroxyl groups is 1. The van der Waals surface area contributed by atoms with Gasteiger partial charge in [0.05, 0.1) is 17.2 Å². The Morgan fingerprint density at radius 2 is 2.11 bits per heavy atom. The van der Waals surface area contributed by atoms with Crippen molar-refractivity contribution in [3.63, 3.8) is 0 Å². The zero-order valence-electron chi connectivity index (χ0n) is 10.1. The Morgan fingerprint density at radius 3 is 2.74 bits per heavy atom. The number of thiophene rings is 1. The van der Waals surface area contributed by atoms with Crippen LogP contribution in [0.1, 0.15) is 10.4 Å². The first kappa shape index (κ1) is 14.0. The fourth-order valence-corrected chi connectivity index (χ4v) is 4.03. The van der Waals surface area contributed by atoms with Crippen LogP contribution in [0.4, 0.5) is 10.1 Å². The molecule has 0 aliphatic heterocycles. The molecule has 0 saturated heterocycles. The first-order chi connectivity index (χ1) is 8.92. The van der Waals surface area contributed by atoms with E-state index in [2.05, 4.69) is 4.72 Å². The van der Waals surface area contributed by atoms with Crippen LogP contribution in [0.15, 0.2) is 34.5 Å². The number of sulfonamides is 1. The lowest BCUT2D eigenvalue weighted by molar-refractivity contribution is 0.282. The van der Waals surface area contributed by atoms with Gasteiger partial charge in [-0.2, -0.15) is 0 Å². The van der Waals surface area contributed by atoms with Crippen molar-refractivity contribution in [2.45, 2.75) is 18.4 Å². The maximum Gasteiger partial charge on any atom is 0.263 e. The average molecular weight is 301 g/mol. The number of halogens is 1. The summed E-state index contributed by atoms with van der Waals surface area (Å²) >= 11 is 1.15. The Balaban J connectivity index is 2.36. The molecule has 0 spiro atoms. The predicted molar refractivity (Wildman–Crippen MR) is 72.2 cm³/mol. The molecule has 0 amide bonds. The molecule has 0 fully saturated rings. The summed E-state index contributed by atoms with van der Waals surface area (Å²) < 4.78 is 39.8. The summed E-state index contributed by atoms with van der Waals surface area (Å²) in [5.41, 5.74) is 0.776. The Morgan fingerprint density at radius 1 is 1.37 bits per heavy atom. The van der Waals surface area contributed by atoms with Crippen LogP contribution in [-0.4, -0.2) is 13.5 Å². The van der Waals surface area contributed by atoms with Crippen LogP contribution in [0.25, 0.3) is 0 Å². The van der Waals surface area contributed by atoms with Crippen LogP contribution < -0.4 is 4.72 Å². The first-order valence-electron chi connectivity index (χ1n) is 5.39. The Bertz CT molecular complexity index is 675. The highest BCUT2D eigenvalue weighted by atomic mass is 32.2. The van der Waals surface area contributed by atoms with Gasteiger partial charge < -0.3 is 5.11 Å². The molecule has 0 unspecified atom stereocenters. The largest absolute Gasteiger partial charge is 0.391 e. The van der Waals surface area contributed by atoms with E-state index >= 15 is 0 Å². The highest BCUT2D eigenvalue weighted by Crippen LogP contribution is 2.25. The normalized spacial score (nSPS) is 11.5. The molecule has 0 bridgehead atoms. The van der Waals surface area contributed by atoms with Crippen LogP contribution in [-0.2, 0) is 16.6 Å². The van der Waals surface area contributed by atoms with E-state index in [0.717, 1.165) is 17.4 Å². The van der Waals surface area contributed by atoms with Gasteiger partial charge in [-0.25, -0.2) is 12.8 Å².